The molecular formula is C23H27N3O3S. The SMILES string of the molecule is O=S(=O)(NCC1CCN(C[C@@H](O)c2ccccc2)CC1)c1cccc2cccnc12. The highest BCUT2D eigenvalue weighted by Gasteiger charge is 2.24. The van der Waals surface area contributed by atoms with Crippen LogP contribution in [0.15, 0.2) is 71.8 Å². The number of hydrogen-bond donors (Lipinski definition) is 2. The molecule has 1 aliphatic rings. The van der Waals surface area contributed by atoms with Crippen LogP contribution in [0.3, 0.4) is 0 Å². The monoisotopic (exact) mass is 425 g/mol. The van der Waals surface area contributed by atoms with Crippen LogP contribution in [-0.2, 0) is 10.0 Å². The fourth-order valence-electron chi connectivity index (χ4n) is 4.00. The lowest BCUT2D eigenvalue weighted by Crippen LogP contribution is -2.40. The highest BCUT2D eigenvalue weighted by molar-refractivity contribution is 7.89. The number of rotatable bonds is 7. The molecule has 2 aromatic carbocycles. The maximum Gasteiger partial charge on any atom is 0.242 e. The third-order valence-corrected chi connectivity index (χ3v) is 7.23. The van der Waals surface area contributed by atoms with Crippen LogP contribution in [0.1, 0.15) is 24.5 Å². The fourth-order valence-corrected chi connectivity index (χ4v) is 5.29. The van der Waals surface area contributed by atoms with Crippen LogP contribution in [0.5, 0.6) is 0 Å². The van der Waals surface area contributed by atoms with Crippen LogP contribution >= 0.6 is 0 Å². The molecule has 0 saturated carbocycles. The molecule has 1 aliphatic heterocycles. The van der Waals surface area contributed by atoms with Crippen LogP contribution in [-0.4, -0.2) is 49.6 Å². The van der Waals surface area contributed by atoms with Crippen molar-refractivity contribution in [2.45, 2.75) is 23.8 Å². The fraction of sp³-hybridized carbons (Fsp3) is 0.348. The molecule has 1 atom stereocenters. The summed E-state index contributed by atoms with van der Waals surface area (Å²) in [4.78, 5) is 6.73. The van der Waals surface area contributed by atoms with Gasteiger partial charge in [0.05, 0.1) is 11.6 Å². The number of sulfonamides is 1. The summed E-state index contributed by atoms with van der Waals surface area (Å²) in [6.07, 6.45) is 2.91. The average molecular weight is 426 g/mol. The first-order valence-electron chi connectivity index (χ1n) is 10.3. The lowest BCUT2D eigenvalue weighted by molar-refractivity contribution is 0.0899. The maximum absolute atomic E-state index is 12.9. The summed E-state index contributed by atoms with van der Waals surface area (Å²) in [5, 5.41) is 11.2. The molecule has 1 fully saturated rings. The minimum atomic E-state index is -3.62. The van der Waals surface area contributed by atoms with Crippen molar-refractivity contribution in [3.63, 3.8) is 0 Å². The Morgan fingerprint density at radius 3 is 2.53 bits per heavy atom. The normalized spacial score (nSPS) is 17.2. The van der Waals surface area contributed by atoms with Crippen molar-refractivity contribution in [2.24, 2.45) is 5.92 Å². The number of aliphatic hydroxyl groups excluding tert-OH is 1. The van der Waals surface area contributed by atoms with E-state index >= 15 is 0 Å². The van der Waals surface area contributed by atoms with E-state index in [1.54, 1.807) is 24.4 Å². The third kappa shape index (κ3) is 4.87. The van der Waals surface area contributed by atoms with Crippen LogP contribution in [0.25, 0.3) is 10.9 Å². The molecule has 2 N–H and O–H groups in total. The summed E-state index contributed by atoms with van der Waals surface area (Å²) >= 11 is 0. The maximum atomic E-state index is 12.9. The number of β-amino-alcohol motifs (C(OH)–C–C–N with tert-alkyl or cyclic N) is 1. The van der Waals surface area contributed by atoms with Gasteiger partial charge in [0.2, 0.25) is 10.0 Å². The lowest BCUT2D eigenvalue weighted by Gasteiger charge is -2.33. The Hall–Kier alpha value is -2.32. The molecule has 2 heterocycles. The van der Waals surface area contributed by atoms with Crippen molar-refractivity contribution < 1.29 is 13.5 Å². The van der Waals surface area contributed by atoms with Gasteiger partial charge in [-0.25, -0.2) is 13.1 Å². The lowest BCUT2D eigenvalue weighted by atomic mass is 9.96. The minimum Gasteiger partial charge on any atom is -0.387 e. The van der Waals surface area contributed by atoms with Crippen molar-refractivity contribution in [3.8, 4) is 0 Å². The predicted molar refractivity (Wildman–Crippen MR) is 117 cm³/mol. The predicted octanol–water partition coefficient (Wildman–Crippen LogP) is 2.96. The Morgan fingerprint density at radius 1 is 1.03 bits per heavy atom. The number of fused-ring (bicyclic) bond motifs is 1. The van der Waals surface area contributed by atoms with E-state index in [9.17, 15) is 13.5 Å². The molecule has 0 aliphatic carbocycles. The van der Waals surface area contributed by atoms with E-state index in [1.165, 1.54) is 0 Å². The van der Waals surface area contributed by atoms with Crippen LogP contribution in [0.4, 0.5) is 0 Å². The van der Waals surface area contributed by atoms with Crippen molar-refractivity contribution in [1.82, 2.24) is 14.6 Å². The molecule has 3 aromatic rings. The Labute approximate surface area is 177 Å². The molecule has 0 unspecified atom stereocenters. The van der Waals surface area contributed by atoms with Gasteiger partial charge in [0, 0.05) is 24.7 Å². The summed E-state index contributed by atoms with van der Waals surface area (Å²) in [7, 11) is -3.62. The molecule has 4 rings (SSSR count). The van der Waals surface area contributed by atoms with Gasteiger partial charge >= 0.3 is 0 Å². The second-order valence-electron chi connectivity index (χ2n) is 7.85. The Bertz CT molecular complexity index is 1080. The highest BCUT2D eigenvalue weighted by atomic mass is 32.2. The number of piperidine rings is 1. The third-order valence-electron chi connectivity index (χ3n) is 5.77. The van der Waals surface area contributed by atoms with Gasteiger partial charge in [-0.3, -0.25) is 4.98 Å². The number of benzene rings is 2. The Balaban J connectivity index is 1.31. The van der Waals surface area contributed by atoms with Gasteiger partial charge in [-0.2, -0.15) is 0 Å². The summed E-state index contributed by atoms with van der Waals surface area (Å²) in [5.41, 5.74) is 1.42. The molecule has 6 nitrogen and oxygen atoms in total. The second-order valence-corrected chi connectivity index (χ2v) is 9.59. The van der Waals surface area contributed by atoms with Gasteiger partial charge in [0.1, 0.15) is 4.90 Å². The van der Waals surface area contributed by atoms with E-state index in [0.29, 0.717) is 18.6 Å². The largest absolute Gasteiger partial charge is 0.387 e. The smallest absolute Gasteiger partial charge is 0.242 e. The number of para-hydroxylation sites is 1. The minimum absolute atomic E-state index is 0.226. The molecule has 0 amide bonds. The topological polar surface area (TPSA) is 82.5 Å². The summed E-state index contributed by atoms with van der Waals surface area (Å²) in [6.45, 7) is 2.73. The van der Waals surface area contributed by atoms with Gasteiger partial charge in [-0.15, -0.1) is 0 Å². The Kier molecular flexibility index (Phi) is 6.43. The summed E-state index contributed by atoms with van der Waals surface area (Å²) < 4.78 is 28.5. The van der Waals surface area contributed by atoms with Crippen LogP contribution in [0.2, 0.25) is 0 Å². The van der Waals surface area contributed by atoms with Gasteiger partial charge in [-0.1, -0.05) is 48.5 Å². The number of nitrogens with one attached hydrogen (secondary N) is 1. The number of pyridine rings is 1. The first kappa shape index (κ1) is 20.9. The van der Waals surface area contributed by atoms with Gasteiger partial charge < -0.3 is 10.0 Å². The van der Waals surface area contributed by atoms with E-state index in [0.717, 1.165) is 36.9 Å². The number of aromatic nitrogens is 1. The van der Waals surface area contributed by atoms with Crippen LogP contribution < -0.4 is 4.72 Å². The molecule has 0 bridgehead atoms. The summed E-state index contributed by atoms with van der Waals surface area (Å²) in [5.74, 6) is 0.285. The van der Waals surface area contributed by atoms with E-state index in [4.69, 9.17) is 0 Å². The highest BCUT2D eigenvalue weighted by Crippen LogP contribution is 2.23. The van der Waals surface area contributed by atoms with Gasteiger partial charge in [-0.05, 0) is 49.5 Å². The molecule has 30 heavy (non-hydrogen) atoms. The van der Waals surface area contributed by atoms with Gasteiger partial charge in [0.25, 0.3) is 0 Å². The van der Waals surface area contributed by atoms with Crippen LogP contribution in [0, 0.1) is 5.92 Å². The zero-order valence-corrected chi connectivity index (χ0v) is 17.6. The zero-order valence-electron chi connectivity index (χ0n) is 16.8. The molecule has 7 heteroatoms. The number of likely N-dealkylation sites (tertiary alicyclic amines) is 1. The van der Waals surface area contributed by atoms with Crippen molar-refractivity contribution >= 4 is 20.9 Å². The number of nitrogens with zero attached hydrogens (tertiary/aromatic N) is 2. The Morgan fingerprint density at radius 2 is 1.77 bits per heavy atom. The average Bonchev–Trinajstić information content (AvgIpc) is 2.79. The zero-order chi connectivity index (χ0) is 21.0. The van der Waals surface area contributed by atoms with Crippen molar-refractivity contribution in [1.29, 1.82) is 0 Å². The van der Waals surface area contributed by atoms with Crippen molar-refractivity contribution in [3.05, 3.63) is 72.4 Å². The molecule has 158 valence electrons. The van der Waals surface area contributed by atoms with E-state index in [-0.39, 0.29) is 10.8 Å². The number of aliphatic hydroxyl groups is 1. The first-order chi connectivity index (χ1) is 14.5. The standard InChI is InChI=1S/C23H27N3O3S/c27-21(19-6-2-1-3-7-19)17-26-14-11-18(12-15-26)16-25-30(28,29)22-10-4-8-20-9-5-13-24-23(20)22/h1-10,13,18,21,25,27H,11-12,14-17H2/t21-/m1/s1. The molecular weight excluding hydrogens is 398 g/mol. The second kappa shape index (κ2) is 9.22. The molecule has 0 radical (unpaired) electrons. The quantitative estimate of drug-likeness (QED) is 0.608. The molecule has 1 saturated heterocycles. The van der Waals surface area contributed by atoms with Gasteiger partial charge in [0.15, 0.2) is 0 Å². The summed E-state index contributed by atoms with van der Waals surface area (Å²) in [6, 6.07) is 18.6. The van der Waals surface area contributed by atoms with E-state index in [1.807, 2.05) is 42.5 Å². The molecule has 0 spiro atoms. The van der Waals surface area contributed by atoms with Crippen molar-refractivity contribution in [2.75, 3.05) is 26.2 Å². The first-order valence-corrected chi connectivity index (χ1v) is 11.8. The molecule has 1 aromatic heterocycles. The van der Waals surface area contributed by atoms with E-state index in [2.05, 4.69) is 14.6 Å². The van der Waals surface area contributed by atoms with E-state index < -0.39 is 16.1 Å². The number of hydrogen-bond acceptors (Lipinski definition) is 5.